The fourth-order valence-corrected chi connectivity index (χ4v) is 1.64. The number of hydrogen-bond acceptors (Lipinski definition) is 2. The monoisotopic (exact) mass is 296 g/mol. The molecule has 0 aliphatic rings. The van der Waals surface area contributed by atoms with Crippen LogP contribution in [0.25, 0.3) is 0 Å². The highest BCUT2D eigenvalue weighted by atomic mass is 79.9. The van der Waals surface area contributed by atoms with Crippen molar-refractivity contribution < 1.29 is 4.39 Å². The lowest BCUT2D eigenvalue weighted by molar-refractivity contribution is 0.603. The maximum atomic E-state index is 12.9. The van der Waals surface area contributed by atoms with Gasteiger partial charge < -0.3 is 11.5 Å². The topological polar surface area (TPSA) is 52.0 Å². The molecule has 86 valence electrons. The second-order valence-electron chi connectivity index (χ2n) is 3.21. The maximum Gasteiger partial charge on any atom is 0.137 e. The third-order valence-electron chi connectivity index (χ3n) is 2.09. The Morgan fingerprint density at radius 3 is 2.60 bits per heavy atom. The molecule has 0 saturated carbocycles. The zero-order chi connectivity index (χ0) is 10.6. The van der Waals surface area contributed by atoms with Crippen molar-refractivity contribution in [1.29, 1.82) is 0 Å². The minimum atomic E-state index is -0.264. The Morgan fingerprint density at radius 2 is 2.07 bits per heavy atom. The molecule has 1 atom stereocenters. The van der Waals surface area contributed by atoms with Gasteiger partial charge in [-0.15, -0.1) is 12.4 Å². The van der Waals surface area contributed by atoms with Gasteiger partial charge in [0.2, 0.25) is 0 Å². The zero-order valence-corrected chi connectivity index (χ0v) is 10.7. The van der Waals surface area contributed by atoms with Crippen LogP contribution < -0.4 is 11.5 Å². The van der Waals surface area contributed by atoms with Gasteiger partial charge in [0.25, 0.3) is 0 Å². The van der Waals surface area contributed by atoms with E-state index in [1.165, 1.54) is 6.07 Å². The minimum absolute atomic E-state index is 0. The summed E-state index contributed by atoms with van der Waals surface area (Å²) in [6, 6.07) is 4.79. The van der Waals surface area contributed by atoms with Crippen molar-refractivity contribution >= 4 is 28.3 Å². The van der Waals surface area contributed by atoms with Crippen LogP contribution >= 0.6 is 28.3 Å². The summed E-state index contributed by atoms with van der Waals surface area (Å²) >= 11 is 3.13. The Hall–Kier alpha value is -0.160. The Bertz CT molecular complexity index is 309. The van der Waals surface area contributed by atoms with Crippen LogP contribution in [0.2, 0.25) is 0 Å². The fourth-order valence-electron chi connectivity index (χ4n) is 1.25. The molecule has 2 nitrogen and oxygen atoms in total. The Kier molecular flexibility index (Phi) is 7.09. The quantitative estimate of drug-likeness (QED) is 0.898. The van der Waals surface area contributed by atoms with Gasteiger partial charge in [0, 0.05) is 6.04 Å². The molecule has 1 aromatic carbocycles. The van der Waals surface area contributed by atoms with Gasteiger partial charge in [-0.25, -0.2) is 4.39 Å². The first-order valence-corrected chi connectivity index (χ1v) is 5.35. The van der Waals surface area contributed by atoms with Crippen LogP contribution in [0.3, 0.4) is 0 Å². The summed E-state index contributed by atoms with van der Waals surface area (Å²) in [6.07, 6.45) is 1.71. The second kappa shape index (κ2) is 7.17. The van der Waals surface area contributed by atoms with Crippen LogP contribution in [-0.2, 0) is 0 Å². The number of benzene rings is 1. The molecule has 0 fully saturated rings. The molecule has 0 amide bonds. The maximum absolute atomic E-state index is 12.9. The van der Waals surface area contributed by atoms with E-state index in [1.807, 2.05) is 0 Å². The van der Waals surface area contributed by atoms with Gasteiger partial charge in [-0.2, -0.15) is 0 Å². The molecule has 0 spiro atoms. The molecule has 0 unspecified atom stereocenters. The van der Waals surface area contributed by atoms with Crippen LogP contribution in [0.4, 0.5) is 4.39 Å². The zero-order valence-electron chi connectivity index (χ0n) is 8.25. The first kappa shape index (κ1) is 14.8. The molecule has 0 heterocycles. The third kappa shape index (κ3) is 4.47. The molecule has 0 bridgehead atoms. The largest absolute Gasteiger partial charge is 0.330 e. The summed E-state index contributed by atoms with van der Waals surface area (Å²) in [4.78, 5) is 0. The average molecular weight is 298 g/mol. The molecule has 0 aliphatic heterocycles. The second-order valence-corrected chi connectivity index (χ2v) is 4.07. The molecule has 0 aromatic heterocycles. The normalized spacial score (nSPS) is 12.0. The van der Waals surface area contributed by atoms with Gasteiger partial charge in [0.15, 0.2) is 0 Å². The van der Waals surface area contributed by atoms with E-state index in [9.17, 15) is 4.39 Å². The molecule has 0 radical (unpaired) electrons. The Morgan fingerprint density at radius 1 is 1.40 bits per heavy atom. The van der Waals surface area contributed by atoms with E-state index in [2.05, 4.69) is 15.9 Å². The molecule has 5 heteroatoms. The summed E-state index contributed by atoms with van der Waals surface area (Å²) in [5.74, 6) is -0.264. The number of rotatable bonds is 4. The molecule has 4 N–H and O–H groups in total. The third-order valence-corrected chi connectivity index (χ3v) is 2.70. The van der Waals surface area contributed by atoms with E-state index >= 15 is 0 Å². The van der Waals surface area contributed by atoms with Crippen LogP contribution in [0, 0.1) is 5.82 Å². The lowest BCUT2D eigenvalue weighted by Gasteiger charge is -2.11. The first-order valence-electron chi connectivity index (χ1n) is 4.55. The predicted octanol–water partition coefficient (Wildman–Crippen LogP) is 2.75. The number of nitrogens with two attached hydrogens (primary N) is 2. The van der Waals surface area contributed by atoms with Crippen LogP contribution in [0.15, 0.2) is 22.7 Å². The molecular formula is C10H15BrClFN2. The SMILES string of the molecule is Cl.NCCC[C@@H](N)c1ccc(F)c(Br)c1. The van der Waals surface area contributed by atoms with Crippen molar-refractivity contribution in [3.8, 4) is 0 Å². The van der Waals surface area contributed by atoms with Crippen molar-refractivity contribution in [3.63, 3.8) is 0 Å². The molecule has 0 saturated heterocycles. The highest BCUT2D eigenvalue weighted by Gasteiger charge is 2.07. The van der Waals surface area contributed by atoms with E-state index in [1.54, 1.807) is 12.1 Å². The van der Waals surface area contributed by atoms with E-state index in [0.29, 0.717) is 11.0 Å². The smallest absolute Gasteiger partial charge is 0.137 e. The molecule has 1 rings (SSSR count). The van der Waals surface area contributed by atoms with E-state index < -0.39 is 0 Å². The standard InChI is InChI=1S/C10H14BrFN2.ClH/c11-8-6-7(3-4-9(8)12)10(14)2-1-5-13;/h3-4,6,10H,1-2,5,13-14H2;1H/t10-;/m1./s1. The van der Waals surface area contributed by atoms with Crippen molar-refractivity contribution in [2.45, 2.75) is 18.9 Å². The predicted molar refractivity (Wildman–Crippen MR) is 66.6 cm³/mol. The lowest BCUT2D eigenvalue weighted by Crippen LogP contribution is -2.12. The lowest BCUT2D eigenvalue weighted by atomic mass is 10.0. The van der Waals surface area contributed by atoms with Gasteiger partial charge in [-0.05, 0) is 53.0 Å². The number of hydrogen-bond donors (Lipinski definition) is 2. The van der Waals surface area contributed by atoms with Crippen molar-refractivity contribution in [2.24, 2.45) is 11.5 Å². The van der Waals surface area contributed by atoms with Crippen molar-refractivity contribution in [3.05, 3.63) is 34.1 Å². The summed E-state index contributed by atoms with van der Waals surface area (Å²) in [5.41, 5.74) is 12.2. The molecule has 15 heavy (non-hydrogen) atoms. The van der Waals surface area contributed by atoms with Crippen molar-refractivity contribution in [2.75, 3.05) is 6.54 Å². The van der Waals surface area contributed by atoms with Gasteiger partial charge in [0.05, 0.1) is 4.47 Å². The van der Waals surface area contributed by atoms with Crippen LogP contribution in [0.5, 0.6) is 0 Å². The average Bonchev–Trinajstić information content (AvgIpc) is 2.18. The van der Waals surface area contributed by atoms with Crippen LogP contribution in [0.1, 0.15) is 24.4 Å². The fraction of sp³-hybridized carbons (Fsp3) is 0.400. The van der Waals surface area contributed by atoms with Crippen molar-refractivity contribution in [1.82, 2.24) is 0 Å². The summed E-state index contributed by atoms with van der Waals surface area (Å²) in [6.45, 7) is 0.635. The number of halogens is 3. The summed E-state index contributed by atoms with van der Waals surface area (Å²) in [5, 5.41) is 0. The highest BCUT2D eigenvalue weighted by Crippen LogP contribution is 2.22. The van der Waals surface area contributed by atoms with E-state index in [4.69, 9.17) is 11.5 Å². The van der Waals surface area contributed by atoms with E-state index in [-0.39, 0.29) is 24.3 Å². The van der Waals surface area contributed by atoms with Gasteiger partial charge in [-0.3, -0.25) is 0 Å². The van der Waals surface area contributed by atoms with E-state index in [0.717, 1.165) is 18.4 Å². The van der Waals surface area contributed by atoms with Gasteiger partial charge >= 0.3 is 0 Å². The Labute approximate surface area is 104 Å². The molecule has 1 aromatic rings. The highest BCUT2D eigenvalue weighted by molar-refractivity contribution is 9.10. The molecular weight excluding hydrogens is 282 g/mol. The van der Waals surface area contributed by atoms with Crippen LogP contribution in [-0.4, -0.2) is 6.54 Å². The minimum Gasteiger partial charge on any atom is -0.330 e. The summed E-state index contributed by atoms with van der Waals surface area (Å²) in [7, 11) is 0. The summed E-state index contributed by atoms with van der Waals surface area (Å²) < 4.78 is 13.4. The molecule has 0 aliphatic carbocycles. The Balaban J connectivity index is 0.00000196. The van der Waals surface area contributed by atoms with Gasteiger partial charge in [0.1, 0.15) is 5.82 Å². The first-order chi connectivity index (χ1) is 6.65. The van der Waals surface area contributed by atoms with Gasteiger partial charge in [-0.1, -0.05) is 6.07 Å².